The third-order valence-electron chi connectivity index (χ3n) is 3.48. The van der Waals surface area contributed by atoms with Crippen molar-refractivity contribution in [3.63, 3.8) is 0 Å². The second-order valence-corrected chi connectivity index (χ2v) is 5.90. The van der Waals surface area contributed by atoms with E-state index in [2.05, 4.69) is 26.2 Å². The largest absolute Gasteiger partial charge is 0.383 e. The molecule has 0 saturated carbocycles. The van der Waals surface area contributed by atoms with Gasteiger partial charge in [-0.05, 0) is 35.3 Å². The summed E-state index contributed by atoms with van der Waals surface area (Å²) in [7, 11) is 1.62. The molecule has 1 aromatic heterocycles. The Kier molecular flexibility index (Phi) is 5.89. The van der Waals surface area contributed by atoms with Gasteiger partial charge in [0.1, 0.15) is 0 Å². The lowest BCUT2D eigenvalue weighted by Gasteiger charge is -2.26. The molecule has 1 N–H and O–H groups in total. The van der Waals surface area contributed by atoms with E-state index in [9.17, 15) is 10.1 Å². The van der Waals surface area contributed by atoms with Crippen LogP contribution in [0, 0.1) is 10.1 Å². The lowest BCUT2D eigenvalue weighted by molar-refractivity contribution is -0.384. The summed E-state index contributed by atoms with van der Waals surface area (Å²) < 4.78 is 5.71. The van der Waals surface area contributed by atoms with E-state index in [4.69, 9.17) is 4.74 Å². The Labute approximate surface area is 132 Å². The molecule has 1 aliphatic heterocycles. The molecule has 8 heteroatoms. The molecule has 1 fully saturated rings. The number of rotatable bonds is 7. The monoisotopic (exact) mass is 358 g/mol. The van der Waals surface area contributed by atoms with Crippen molar-refractivity contribution >= 4 is 27.4 Å². The van der Waals surface area contributed by atoms with Crippen LogP contribution in [0.2, 0.25) is 0 Å². The molecule has 1 aromatic rings. The molecule has 0 radical (unpaired) electrons. The molecule has 0 spiro atoms. The topological polar surface area (TPSA) is 80.5 Å². The van der Waals surface area contributed by atoms with Gasteiger partial charge in [0.15, 0.2) is 0 Å². The predicted molar refractivity (Wildman–Crippen MR) is 83.7 cm³/mol. The molecule has 0 amide bonds. The van der Waals surface area contributed by atoms with E-state index in [0.717, 1.165) is 19.4 Å². The summed E-state index contributed by atoms with van der Waals surface area (Å²) in [6, 6.07) is 1.83. The summed E-state index contributed by atoms with van der Waals surface area (Å²) in [5.41, 5.74) is 0.0125. The maximum atomic E-state index is 11.3. The highest BCUT2D eigenvalue weighted by Crippen LogP contribution is 2.29. The molecule has 1 unspecified atom stereocenters. The first-order valence-electron chi connectivity index (χ1n) is 6.89. The van der Waals surface area contributed by atoms with Gasteiger partial charge in [-0.15, -0.1) is 0 Å². The number of nitrogens with zero attached hydrogens (tertiary/aromatic N) is 3. The normalized spacial score (nSPS) is 17.9. The van der Waals surface area contributed by atoms with Gasteiger partial charge in [0.2, 0.25) is 5.82 Å². The van der Waals surface area contributed by atoms with E-state index in [1.807, 2.05) is 4.90 Å². The maximum absolute atomic E-state index is 11.3. The van der Waals surface area contributed by atoms with Crippen molar-refractivity contribution < 1.29 is 9.66 Å². The first-order chi connectivity index (χ1) is 10.1. The second kappa shape index (κ2) is 7.67. The highest BCUT2D eigenvalue weighted by Gasteiger charge is 2.25. The molecule has 116 valence electrons. The van der Waals surface area contributed by atoms with Crippen LogP contribution < -0.4 is 10.2 Å². The number of methoxy groups -OCH3 is 1. The molecule has 21 heavy (non-hydrogen) atoms. The quantitative estimate of drug-likeness (QED) is 0.592. The number of hydrogen-bond donors (Lipinski definition) is 1. The van der Waals surface area contributed by atoms with E-state index in [1.54, 1.807) is 13.3 Å². The van der Waals surface area contributed by atoms with Crippen LogP contribution in [-0.4, -0.2) is 49.3 Å². The second-order valence-electron chi connectivity index (χ2n) is 4.99. The van der Waals surface area contributed by atoms with Gasteiger partial charge in [-0.1, -0.05) is 0 Å². The van der Waals surface area contributed by atoms with Crippen molar-refractivity contribution in [1.82, 2.24) is 10.3 Å². The standard InChI is InChI=1S/C13H19BrN4O3/c1-21-6-5-17(9-11-3-2-4-15-11)13-12(18(19)20)7-10(14)8-16-13/h7-8,11,15H,2-6,9H2,1H3. The minimum Gasteiger partial charge on any atom is -0.383 e. The summed E-state index contributed by atoms with van der Waals surface area (Å²) in [6.07, 6.45) is 3.80. The Bertz CT molecular complexity index is 494. The Morgan fingerprint density at radius 2 is 2.48 bits per heavy atom. The van der Waals surface area contributed by atoms with Gasteiger partial charge in [-0.3, -0.25) is 10.1 Å². The Morgan fingerprint density at radius 3 is 3.10 bits per heavy atom. The molecular formula is C13H19BrN4O3. The van der Waals surface area contributed by atoms with Gasteiger partial charge < -0.3 is 15.0 Å². The fourth-order valence-corrected chi connectivity index (χ4v) is 2.78. The van der Waals surface area contributed by atoms with Crippen molar-refractivity contribution in [3.8, 4) is 0 Å². The highest BCUT2D eigenvalue weighted by atomic mass is 79.9. The van der Waals surface area contributed by atoms with Gasteiger partial charge in [-0.25, -0.2) is 4.98 Å². The highest BCUT2D eigenvalue weighted by molar-refractivity contribution is 9.10. The number of pyridine rings is 1. The lowest BCUT2D eigenvalue weighted by Crippen LogP contribution is -2.40. The van der Waals surface area contributed by atoms with Crippen LogP contribution in [0.5, 0.6) is 0 Å². The number of anilines is 1. The first-order valence-corrected chi connectivity index (χ1v) is 7.68. The number of nitrogens with one attached hydrogen (secondary N) is 1. The van der Waals surface area contributed by atoms with Crippen LogP contribution in [-0.2, 0) is 4.74 Å². The van der Waals surface area contributed by atoms with E-state index < -0.39 is 4.92 Å². The van der Waals surface area contributed by atoms with Crippen molar-refractivity contribution in [2.45, 2.75) is 18.9 Å². The Balaban J connectivity index is 2.23. The molecule has 0 aromatic carbocycles. The van der Waals surface area contributed by atoms with Gasteiger partial charge in [0.05, 0.1) is 11.5 Å². The average molecular weight is 359 g/mol. The van der Waals surface area contributed by atoms with Gasteiger partial charge >= 0.3 is 5.69 Å². The molecule has 2 rings (SSSR count). The molecule has 1 saturated heterocycles. The van der Waals surface area contributed by atoms with Crippen LogP contribution in [0.25, 0.3) is 0 Å². The van der Waals surface area contributed by atoms with Gasteiger partial charge in [-0.2, -0.15) is 0 Å². The fourth-order valence-electron chi connectivity index (χ4n) is 2.46. The Morgan fingerprint density at radius 1 is 1.67 bits per heavy atom. The summed E-state index contributed by atoms with van der Waals surface area (Å²) >= 11 is 3.23. The first kappa shape index (κ1) is 16.1. The molecule has 2 heterocycles. The summed E-state index contributed by atoms with van der Waals surface area (Å²) in [5.74, 6) is 0.397. The zero-order chi connectivity index (χ0) is 15.2. The number of nitro groups is 1. The summed E-state index contributed by atoms with van der Waals surface area (Å²) in [5, 5.41) is 14.7. The fraction of sp³-hybridized carbons (Fsp3) is 0.615. The van der Waals surface area contributed by atoms with Crippen LogP contribution in [0.1, 0.15) is 12.8 Å². The van der Waals surface area contributed by atoms with Gasteiger partial charge in [0, 0.05) is 43.0 Å². The smallest absolute Gasteiger partial charge is 0.312 e. The third kappa shape index (κ3) is 4.36. The number of ether oxygens (including phenoxy) is 1. The molecule has 0 bridgehead atoms. The van der Waals surface area contributed by atoms with Gasteiger partial charge in [0.25, 0.3) is 0 Å². The summed E-state index contributed by atoms with van der Waals surface area (Å²) in [4.78, 5) is 17.0. The minimum atomic E-state index is -0.394. The van der Waals surface area contributed by atoms with E-state index >= 15 is 0 Å². The van der Waals surface area contributed by atoms with E-state index in [-0.39, 0.29) is 5.69 Å². The predicted octanol–water partition coefficient (Wildman–Crippen LogP) is 1.96. The summed E-state index contributed by atoms with van der Waals surface area (Å²) in [6.45, 7) is 2.77. The van der Waals surface area contributed by atoms with Crippen molar-refractivity contribution in [1.29, 1.82) is 0 Å². The molecular weight excluding hydrogens is 340 g/mol. The SMILES string of the molecule is COCCN(CC1CCCN1)c1ncc(Br)cc1[N+](=O)[O-]. The zero-order valence-electron chi connectivity index (χ0n) is 11.9. The van der Waals surface area contributed by atoms with Crippen molar-refractivity contribution in [2.24, 2.45) is 0 Å². The number of hydrogen-bond acceptors (Lipinski definition) is 6. The van der Waals surface area contributed by atoms with Crippen molar-refractivity contribution in [3.05, 3.63) is 26.9 Å². The Hall–Kier alpha value is -1.25. The maximum Gasteiger partial charge on any atom is 0.312 e. The minimum absolute atomic E-state index is 0.0125. The van der Waals surface area contributed by atoms with Crippen molar-refractivity contribution in [2.75, 3.05) is 38.3 Å². The lowest BCUT2D eigenvalue weighted by atomic mass is 10.2. The molecule has 1 atom stereocenters. The molecule has 1 aliphatic rings. The number of aromatic nitrogens is 1. The van der Waals surface area contributed by atoms with Crippen LogP contribution in [0.15, 0.2) is 16.7 Å². The average Bonchev–Trinajstić information content (AvgIpc) is 2.96. The number of halogens is 1. The van der Waals surface area contributed by atoms with Crippen LogP contribution in [0.3, 0.4) is 0 Å². The zero-order valence-corrected chi connectivity index (χ0v) is 13.5. The third-order valence-corrected chi connectivity index (χ3v) is 3.91. The van der Waals surface area contributed by atoms with Crippen LogP contribution >= 0.6 is 15.9 Å². The molecule has 0 aliphatic carbocycles. The van der Waals surface area contributed by atoms with E-state index in [1.165, 1.54) is 6.07 Å². The molecule has 7 nitrogen and oxygen atoms in total. The van der Waals surface area contributed by atoms with E-state index in [0.29, 0.717) is 36.0 Å². The van der Waals surface area contributed by atoms with Crippen LogP contribution in [0.4, 0.5) is 11.5 Å².